The third kappa shape index (κ3) is 4.59. The summed E-state index contributed by atoms with van der Waals surface area (Å²) in [6.45, 7) is 0. The molecule has 0 N–H and O–H groups in total. The smallest absolute Gasteiger partial charge is 0.748 e. The van der Waals surface area contributed by atoms with Crippen LogP contribution in [-0.4, -0.2) is 13.0 Å². The van der Waals surface area contributed by atoms with Gasteiger partial charge in [-0.05, 0) is 5.56 Å². The van der Waals surface area contributed by atoms with Gasteiger partial charge < -0.3 is 4.55 Å². The van der Waals surface area contributed by atoms with Gasteiger partial charge in [0.25, 0.3) is 0 Å². The Labute approximate surface area is 84.3 Å². The van der Waals surface area contributed by atoms with Gasteiger partial charge in [0, 0.05) is 0 Å². The molecule has 0 heterocycles. The first-order valence-corrected chi connectivity index (χ1v) is 4.63. The molecule has 0 saturated heterocycles. The Hall–Kier alpha value is -0.247. The molecule has 0 bridgehead atoms. The van der Waals surface area contributed by atoms with Crippen LogP contribution in [0.3, 0.4) is 0 Å². The van der Waals surface area contributed by atoms with Crippen LogP contribution in [0.4, 0.5) is 0 Å². The van der Waals surface area contributed by atoms with Gasteiger partial charge in [-0.3, -0.25) is 0 Å². The summed E-state index contributed by atoms with van der Waals surface area (Å²) in [5.41, 5.74) is 0.530. The van der Waals surface area contributed by atoms with Crippen LogP contribution < -0.4 is 0 Å². The van der Waals surface area contributed by atoms with Crippen molar-refractivity contribution < 1.29 is 32.4 Å². The molecule has 3 nitrogen and oxygen atoms in total. The number of hydrogen-bond donors (Lipinski definition) is 0. The van der Waals surface area contributed by atoms with E-state index in [9.17, 15) is 13.0 Å². The standard InChI is InChI=1S/C7H8O3S.Zn/c8-11(9,10)6-7-4-2-1-3-5-7;/h1-5H,6H2,(H,8,9,10);/q;+2/p-1. The molecular weight excluding hydrogens is 230 g/mol. The van der Waals surface area contributed by atoms with E-state index in [1.807, 2.05) is 0 Å². The molecule has 60 valence electrons. The van der Waals surface area contributed by atoms with Crippen LogP contribution in [-0.2, 0) is 35.3 Å². The first kappa shape index (κ1) is 11.8. The van der Waals surface area contributed by atoms with Gasteiger partial charge in [-0.2, -0.15) is 0 Å². The van der Waals surface area contributed by atoms with Crippen LogP contribution in [0.25, 0.3) is 0 Å². The summed E-state index contributed by atoms with van der Waals surface area (Å²) in [5, 5.41) is 0. The Morgan fingerprint density at radius 1 is 1.17 bits per heavy atom. The van der Waals surface area contributed by atoms with Gasteiger partial charge in [0.05, 0.1) is 15.9 Å². The van der Waals surface area contributed by atoms with E-state index in [4.69, 9.17) is 0 Å². The molecular formula is C7H7O3SZn+. The minimum absolute atomic E-state index is 0. The molecule has 0 aliphatic rings. The maximum absolute atomic E-state index is 10.2. The number of hydrogen-bond acceptors (Lipinski definition) is 3. The molecule has 0 aliphatic heterocycles. The Morgan fingerprint density at radius 2 is 1.67 bits per heavy atom. The van der Waals surface area contributed by atoms with Gasteiger partial charge in [-0.1, -0.05) is 30.3 Å². The van der Waals surface area contributed by atoms with Crippen molar-refractivity contribution in [2.75, 3.05) is 0 Å². The van der Waals surface area contributed by atoms with Gasteiger partial charge in [0.1, 0.15) is 0 Å². The second-order valence-electron chi connectivity index (χ2n) is 2.19. The average molecular weight is 237 g/mol. The van der Waals surface area contributed by atoms with Crippen molar-refractivity contribution >= 4 is 10.1 Å². The van der Waals surface area contributed by atoms with Gasteiger partial charge in [0.2, 0.25) is 0 Å². The molecule has 12 heavy (non-hydrogen) atoms. The van der Waals surface area contributed by atoms with Gasteiger partial charge in [0.15, 0.2) is 0 Å². The molecule has 1 aromatic carbocycles. The molecule has 0 atom stereocenters. The summed E-state index contributed by atoms with van der Waals surface area (Å²) in [4.78, 5) is 0. The van der Waals surface area contributed by atoms with Crippen LogP contribution in [0.1, 0.15) is 5.56 Å². The third-order valence-electron chi connectivity index (χ3n) is 1.19. The summed E-state index contributed by atoms with van der Waals surface area (Å²) < 4.78 is 30.7. The van der Waals surface area contributed by atoms with E-state index in [0.717, 1.165) is 0 Å². The predicted molar refractivity (Wildman–Crippen MR) is 39.8 cm³/mol. The van der Waals surface area contributed by atoms with Crippen molar-refractivity contribution in [3.8, 4) is 0 Å². The molecule has 0 aromatic heterocycles. The number of rotatable bonds is 2. The van der Waals surface area contributed by atoms with E-state index in [2.05, 4.69) is 0 Å². The van der Waals surface area contributed by atoms with Gasteiger partial charge in [-0.15, -0.1) is 0 Å². The van der Waals surface area contributed by atoms with Crippen molar-refractivity contribution in [3.63, 3.8) is 0 Å². The third-order valence-corrected chi connectivity index (χ3v) is 1.87. The van der Waals surface area contributed by atoms with Gasteiger partial charge in [-0.25, -0.2) is 8.42 Å². The zero-order valence-electron chi connectivity index (χ0n) is 6.43. The SMILES string of the molecule is O=S(=O)([O-])Cc1ccccc1.[Zn+2]. The van der Waals surface area contributed by atoms with Crippen molar-refractivity contribution in [1.29, 1.82) is 0 Å². The van der Waals surface area contributed by atoms with Crippen molar-refractivity contribution in [2.24, 2.45) is 0 Å². The van der Waals surface area contributed by atoms with Crippen molar-refractivity contribution in [1.82, 2.24) is 0 Å². The van der Waals surface area contributed by atoms with Crippen LogP contribution in [0.2, 0.25) is 0 Å². The predicted octanol–water partition coefficient (Wildman–Crippen LogP) is 0.729. The molecule has 0 saturated carbocycles. The molecule has 0 amide bonds. The van der Waals surface area contributed by atoms with Crippen LogP contribution in [0.15, 0.2) is 30.3 Å². The maximum atomic E-state index is 10.2. The normalized spacial score (nSPS) is 10.4. The van der Waals surface area contributed by atoms with Crippen molar-refractivity contribution in [3.05, 3.63) is 35.9 Å². The van der Waals surface area contributed by atoms with Crippen LogP contribution in [0, 0.1) is 0 Å². The molecule has 0 fully saturated rings. The quantitative estimate of drug-likeness (QED) is 0.562. The molecule has 5 heteroatoms. The first-order valence-electron chi connectivity index (χ1n) is 3.05. The van der Waals surface area contributed by atoms with Gasteiger partial charge >= 0.3 is 19.5 Å². The number of benzene rings is 1. The Bertz CT molecular complexity index is 320. The van der Waals surface area contributed by atoms with Crippen molar-refractivity contribution in [2.45, 2.75) is 5.75 Å². The zero-order valence-corrected chi connectivity index (χ0v) is 10.2. The van der Waals surface area contributed by atoms with E-state index in [1.165, 1.54) is 0 Å². The van der Waals surface area contributed by atoms with Crippen LogP contribution in [0.5, 0.6) is 0 Å². The fourth-order valence-corrected chi connectivity index (χ4v) is 1.38. The molecule has 1 rings (SSSR count). The van der Waals surface area contributed by atoms with E-state index >= 15 is 0 Å². The minimum atomic E-state index is -4.13. The van der Waals surface area contributed by atoms with E-state index < -0.39 is 15.9 Å². The Kier molecular flexibility index (Phi) is 4.60. The Balaban J connectivity index is 0.00000121. The average Bonchev–Trinajstić information content (AvgIpc) is 1.85. The van der Waals surface area contributed by atoms with E-state index in [0.29, 0.717) is 5.56 Å². The molecule has 0 spiro atoms. The topological polar surface area (TPSA) is 57.2 Å². The molecule has 0 aliphatic carbocycles. The largest absolute Gasteiger partial charge is 2.00 e. The molecule has 1 aromatic rings. The first-order chi connectivity index (χ1) is 5.08. The summed E-state index contributed by atoms with van der Waals surface area (Å²) in [6.07, 6.45) is 0. The summed E-state index contributed by atoms with van der Waals surface area (Å²) in [6, 6.07) is 8.37. The zero-order chi connectivity index (χ0) is 8.32. The monoisotopic (exact) mass is 235 g/mol. The second-order valence-corrected chi connectivity index (χ2v) is 3.59. The fourth-order valence-electron chi connectivity index (χ4n) is 0.778. The Morgan fingerprint density at radius 3 is 2.08 bits per heavy atom. The van der Waals surface area contributed by atoms with Crippen LogP contribution >= 0.6 is 0 Å². The maximum Gasteiger partial charge on any atom is 2.00 e. The minimum Gasteiger partial charge on any atom is -0.748 e. The van der Waals surface area contributed by atoms with E-state index in [-0.39, 0.29) is 19.5 Å². The second kappa shape index (κ2) is 4.70. The fraction of sp³-hybridized carbons (Fsp3) is 0.143. The summed E-state index contributed by atoms with van der Waals surface area (Å²) in [7, 11) is -4.13. The van der Waals surface area contributed by atoms with E-state index in [1.54, 1.807) is 30.3 Å². The summed E-state index contributed by atoms with van der Waals surface area (Å²) in [5.74, 6) is -0.423. The molecule has 0 unspecified atom stereocenters. The molecule has 0 radical (unpaired) electrons. The summed E-state index contributed by atoms with van der Waals surface area (Å²) >= 11 is 0.